The molecule has 1 aliphatic rings. The Labute approximate surface area is 70.0 Å². The second-order valence-corrected chi connectivity index (χ2v) is 2.97. The van der Waals surface area contributed by atoms with Gasteiger partial charge in [-0.05, 0) is 25.1 Å². The lowest BCUT2D eigenvalue weighted by Gasteiger charge is -2.28. The van der Waals surface area contributed by atoms with E-state index in [0.29, 0.717) is 5.56 Å². The van der Waals surface area contributed by atoms with Gasteiger partial charge < -0.3 is 10.4 Å². The van der Waals surface area contributed by atoms with E-state index in [1.165, 1.54) is 18.2 Å². The van der Waals surface area contributed by atoms with Crippen LogP contribution in [0.3, 0.4) is 0 Å². The number of phenolic OH excluding ortho intramolecular Hbond substituents is 1. The molecule has 1 heterocycles. The van der Waals surface area contributed by atoms with Crippen LogP contribution in [0.5, 0.6) is 5.75 Å². The highest BCUT2D eigenvalue weighted by molar-refractivity contribution is 5.36. The average molecular weight is 167 g/mol. The zero-order valence-corrected chi connectivity index (χ0v) is 6.55. The van der Waals surface area contributed by atoms with Crippen LogP contribution in [0.1, 0.15) is 18.0 Å². The molecule has 0 amide bonds. The van der Waals surface area contributed by atoms with Gasteiger partial charge in [-0.1, -0.05) is 6.07 Å². The van der Waals surface area contributed by atoms with Crippen molar-refractivity contribution in [2.75, 3.05) is 6.54 Å². The zero-order chi connectivity index (χ0) is 8.55. The van der Waals surface area contributed by atoms with Crippen molar-refractivity contribution in [2.24, 2.45) is 0 Å². The number of nitrogens with one attached hydrogen (secondary N) is 1. The third kappa shape index (κ3) is 1.06. The quantitative estimate of drug-likeness (QED) is 0.665. The molecule has 0 aliphatic carbocycles. The van der Waals surface area contributed by atoms with Crippen LogP contribution in [0.25, 0.3) is 0 Å². The average Bonchev–Trinajstić information content (AvgIpc) is 1.93. The smallest absolute Gasteiger partial charge is 0.131 e. The number of hydrogen-bond acceptors (Lipinski definition) is 2. The van der Waals surface area contributed by atoms with Crippen LogP contribution in [0.15, 0.2) is 18.2 Å². The Morgan fingerprint density at radius 2 is 2.25 bits per heavy atom. The molecule has 1 fully saturated rings. The molecule has 3 heteroatoms. The van der Waals surface area contributed by atoms with Crippen LogP contribution in [-0.2, 0) is 0 Å². The minimum absolute atomic E-state index is 0.00574. The molecule has 1 aromatic carbocycles. The highest BCUT2D eigenvalue weighted by Gasteiger charge is 2.24. The maximum absolute atomic E-state index is 13.1. The summed E-state index contributed by atoms with van der Waals surface area (Å²) in [5.74, 6) is -0.278. The summed E-state index contributed by atoms with van der Waals surface area (Å²) in [6, 6.07) is 4.39. The molecule has 2 nitrogen and oxygen atoms in total. The van der Waals surface area contributed by atoms with Gasteiger partial charge >= 0.3 is 0 Å². The van der Waals surface area contributed by atoms with Gasteiger partial charge in [0.2, 0.25) is 0 Å². The normalized spacial score (nSPS) is 21.9. The van der Waals surface area contributed by atoms with Crippen LogP contribution in [-0.4, -0.2) is 11.7 Å². The lowest BCUT2D eigenvalue weighted by Crippen LogP contribution is -2.35. The van der Waals surface area contributed by atoms with Crippen molar-refractivity contribution in [1.29, 1.82) is 0 Å². The van der Waals surface area contributed by atoms with Crippen LogP contribution >= 0.6 is 0 Å². The fourth-order valence-electron chi connectivity index (χ4n) is 1.41. The topological polar surface area (TPSA) is 32.3 Å². The monoisotopic (exact) mass is 167 g/mol. The van der Waals surface area contributed by atoms with Gasteiger partial charge in [-0.25, -0.2) is 4.39 Å². The summed E-state index contributed by atoms with van der Waals surface area (Å²) in [5.41, 5.74) is 0.406. The van der Waals surface area contributed by atoms with E-state index in [-0.39, 0.29) is 17.6 Å². The maximum Gasteiger partial charge on any atom is 0.131 e. The molecule has 2 rings (SSSR count). The van der Waals surface area contributed by atoms with Gasteiger partial charge in [0.15, 0.2) is 0 Å². The van der Waals surface area contributed by atoms with E-state index < -0.39 is 0 Å². The predicted molar refractivity (Wildman–Crippen MR) is 43.4 cm³/mol. The van der Waals surface area contributed by atoms with Crippen LogP contribution in [0.4, 0.5) is 4.39 Å². The summed E-state index contributed by atoms with van der Waals surface area (Å²) in [5, 5.41) is 12.4. The lowest BCUT2D eigenvalue weighted by atomic mass is 9.97. The van der Waals surface area contributed by atoms with Gasteiger partial charge in [-0.3, -0.25) is 0 Å². The third-order valence-corrected chi connectivity index (χ3v) is 2.20. The van der Waals surface area contributed by atoms with E-state index in [9.17, 15) is 9.50 Å². The number of benzene rings is 1. The number of phenols is 1. The highest BCUT2D eigenvalue weighted by atomic mass is 19.1. The first-order chi connectivity index (χ1) is 5.79. The van der Waals surface area contributed by atoms with Crippen LogP contribution < -0.4 is 5.32 Å². The van der Waals surface area contributed by atoms with Crippen LogP contribution in [0.2, 0.25) is 0 Å². The molecule has 1 saturated heterocycles. The molecule has 0 aromatic heterocycles. The first-order valence-corrected chi connectivity index (χ1v) is 4.00. The molecule has 1 aliphatic heterocycles. The Balaban J connectivity index is 2.39. The summed E-state index contributed by atoms with van der Waals surface area (Å²) in [6.07, 6.45) is 0.897. The second-order valence-electron chi connectivity index (χ2n) is 2.97. The Morgan fingerprint density at radius 1 is 1.50 bits per heavy atom. The number of halogens is 1. The summed E-state index contributed by atoms with van der Waals surface area (Å²) >= 11 is 0. The van der Waals surface area contributed by atoms with Crippen molar-refractivity contribution < 1.29 is 9.50 Å². The molecule has 0 bridgehead atoms. The molecular formula is C9H10FNO. The van der Waals surface area contributed by atoms with Crippen molar-refractivity contribution in [2.45, 2.75) is 12.5 Å². The number of hydrogen-bond donors (Lipinski definition) is 2. The number of rotatable bonds is 1. The molecule has 0 unspecified atom stereocenters. The first-order valence-electron chi connectivity index (χ1n) is 4.00. The minimum Gasteiger partial charge on any atom is -0.508 e. The van der Waals surface area contributed by atoms with Crippen molar-refractivity contribution in [1.82, 2.24) is 5.32 Å². The van der Waals surface area contributed by atoms with Gasteiger partial charge in [0.25, 0.3) is 0 Å². The van der Waals surface area contributed by atoms with E-state index in [0.717, 1.165) is 13.0 Å². The molecule has 0 spiro atoms. The molecule has 12 heavy (non-hydrogen) atoms. The van der Waals surface area contributed by atoms with E-state index in [4.69, 9.17) is 0 Å². The summed E-state index contributed by atoms with van der Waals surface area (Å²) in [4.78, 5) is 0. The molecule has 64 valence electrons. The lowest BCUT2D eigenvalue weighted by molar-refractivity contribution is 0.351. The van der Waals surface area contributed by atoms with Gasteiger partial charge in [0.1, 0.15) is 11.6 Å². The van der Waals surface area contributed by atoms with Gasteiger partial charge in [0, 0.05) is 11.6 Å². The summed E-state index contributed by atoms with van der Waals surface area (Å²) < 4.78 is 13.1. The highest BCUT2D eigenvalue weighted by Crippen LogP contribution is 2.31. The third-order valence-electron chi connectivity index (χ3n) is 2.20. The Hall–Kier alpha value is -1.09. The fourth-order valence-corrected chi connectivity index (χ4v) is 1.41. The molecule has 1 aromatic rings. The van der Waals surface area contributed by atoms with E-state index in [1.807, 2.05) is 0 Å². The van der Waals surface area contributed by atoms with Crippen molar-refractivity contribution >= 4 is 0 Å². The molecule has 0 radical (unpaired) electrons. The standard InChI is InChI=1S/C9H10FNO/c10-6-2-1-3-8(12)9(6)7-4-5-11-7/h1-3,7,11-12H,4-5H2/t7-/m0/s1. The van der Waals surface area contributed by atoms with Crippen molar-refractivity contribution in [3.63, 3.8) is 0 Å². The molecule has 2 N–H and O–H groups in total. The van der Waals surface area contributed by atoms with Crippen molar-refractivity contribution in [3.05, 3.63) is 29.6 Å². The van der Waals surface area contributed by atoms with E-state index in [2.05, 4.69) is 5.32 Å². The predicted octanol–water partition coefficient (Wildman–Crippen LogP) is 1.57. The first kappa shape index (κ1) is 7.55. The van der Waals surface area contributed by atoms with Gasteiger partial charge in [-0.15, -0.1) is 0 Å². The van der Waals surface area contributed by atoms with E-state index >= 15 is 0 Å². The van der Waals surface area contributed by atoms with Crippen LogP contribution in [0, 0.1) is 5.82 Å². The van der Waals surface area contributed by atoms with Crippen molar-refractivity contribution in [3.8, 4) is 5.75 Å². The molecule has 0 saturated carbocycles. The largest absolute Gasteiger partial charge is 0.508 e. The summed E-state index contributed by atoms with van der Waals surface area (Å²) in [7, 11) is 0. The SMILES string of the molecule is Oc1cccc(F)c1[C@@H]1CCN1. The van der Waals surface area contributed by atoms with Gasteiger partial charge in [0.05, 0.1) is 0 Å². The van der Waals surface area contributed by atoms with E-state index in [1.54, 1.807) is 0 Å². The zero-order valence-electron chi connectivity index (χ0n) is 6.55. The summed E-state index contributed by atoms with van der Waals surface area (Å²) in [6.45, 7) is 0.901. The fraction of sp³-hybridized carbons (Fsp3) is 0.333. The Morgan fingerprint density at radius 3 is 2.75 bits per heavy atom. The maximum atomic E-state index is 13.1. The molecule has 1 atom stereocenters. The Kier molecular flexibility index (Phi) is 1.73. The minimum atomic E-state index is -0.327. The number of aromatic hydroxyl groups is 1. The molecular weight excluding hydrogens is 157 g/mol. The second kappa shape index (κ2) is 2.75. The van der Waals surface area contributed by atoms with Gasteiger partial charge in [-0.2, -0.15) is 0 Å². The Bertz CT molecular complexity index is 276.